The molecule has 0 aliphatic carbocycles. The van der Waals surface area contributed by atoms with E-state index in [2.05, 4.69) is 5.32 Å². The molecule has 1 rings (SSSR count). The van der Waals surface area contributed by atoms with Gasteiger partial charge in [-0.15, -0.1) is 12.4 Å². The average Bonchev–Trinajstić information content (AvgIpc) is 2.16. The lowest BCUT2D eigenvalue weighted by Crippen LogP contribution is -2.32. The zero-order valence-electron chi connectivity index (χ0n) is 8.91. The Morgan fingerprint density at radius 1 is 1.41 bits per heavy atom. The van der Waals surface area contributed by atoms with Crippen LogP contribution < -0.4 is 11.1 Å². The van der Waals surface area contributed by atoms with Gasteiger partial charge in [0, 0.05) is 5.69 Å². The Kier molecular flexibility index (Phi) is 5.44. The summed E-state index contributed by atoms with van der Waals surface area (Å²) in [5, 5.41) is 2.29. The Morgan fingerprint density at radius 3 is 2.47 bits per heavy atom. The van der Waals surface area contributed by atoms with Crippen molar-refractivity contribution in [2.45, 2.75) is 19.1 Å². The smallest absolute Gasteiger partial charge is 0.325 e. The van der Waals surface area contributed by atoms with Crippen molar-refractivity contribution in [1.29, 1.82) is 0 Å². The average molecular weight is 269 g/mol. The van der Waals surface area contributed by atoms with Crippen LogP contribution in [0.3, 0.4) is 0 Å². The second kappa shape index (κ2) is 5.88. The number of hydrogen-bond acceptors (Lipinski definition) is 2. The number of benzene rings is 1. The van der Waals surface area contributed by atoms with Crippen molar-refractivity contribution < 1.29 is 18.0 Å². The van der Waals surface area contributed by atoms with Crippen molar-refractivity contribution in [3.63, 3.8) is 0 Å². The zero-order valence-corrected chi connectivity index (χ0v) is 9.73. The molecule has 0 fully saturated rings. The van der Waals surface area contributed by atoms with Gasteiger partial charge in [0.15, 0.2) is 0 Å². The molecule has 17 heavy (non-hydrogen) atoms. The van der Waals surface area contributed by atoms with Crippen LogP contribution in [0.25, 0.3) is 0 Å². The van der Waals surface area contributed by atoms with E-state index < -0.39 is 23.7 Å². The summed E-state index contributed by atoms with van der Waals surface area (Å²) in [6, 6.07) is 3.62. The van der Waals surface area contributed by atoms with Gasteiger partial charge in [-0.25, -0.2) is 0 Å². The Labute approximate surface area is 103 Å². The number of amides is 1. The third-order valence-electron chi connectivity index (χ3n) is 1.87. The van der Waals surface area contributed by atoms with Gasteiger partial charge in [-0.05, 0) is 25.1 Å². The molecule has 0 aliphatic rings. The molecule has 0 saturated carbocycles. The van der Waals surface area contributed by atoms with E-state index in [1.807, 2.05) is 0 Å². The van der Waals surface area contributed by atoms with E-state index in [0.717, 1.165) is 12.1 Å². The number of nitrogens with two attached hydrogens (primary N) is 1. The Balaban J connectivity index is 0.00000256. The van der Waals surface area contributed by atoms with Gasteiger partial charge >= 0.3 is 6.18 Å². The first-order chi connectivity index (χ1) is 7.30. The van der Waals surface area contributed by atoms with Crippen LogP contribution in [0.4, 0.5) is 18.9 Å². The van der Waals surface area contributed by atoms with Crippen molar-refractivity contribution in [3.05, 3.63) is 29.8 Å². The van der Waals surface area contributed by atoms with Crippen molar-refractivity contribution in [3.8, 4) is 0 Å². The predicted molar refractivity (Wildman–Crippen MR) is 61.0 cm³/mol. The van der Waals surface area contributed by atoms with E-state index in [1.54, 1.807) is 0 Å². The Morgan fingerprint density at radius 2 is 2.00 bits per heavy atom. The molecule has 0 aromatic heterocycles. The van der Waals surface area contributed by atoms with Crippen LogP contribution >= 0.6 is 12.4 Å². The van der Waals surface area contributed by atoms with Crippen molar-refractivity contribution in [1.82, 2.24) is 0 Å². The highest BCUT2D eigenvalue weighted by Crippen LogP contribution is 2.30. The molecule has 1 atom stereocenters. The second-order valence-corrected chi connectivity index (χ2v) is 3.36. The van der Waals surface area contributed by atoms with E-state index >= 15 is 0 Å². The van der Waals surface area contributed by atoms with E-state index in [1.165, 1.54) is 19.1 Å². The molecule has 1 amide bonds. The predicted octanol–water partition coefficient (Wildman–Crippen LogP) is 2.41. The Hall–Kier alpha value is -1.27. The van der Waals surface area contributed by atoms with Gasteiger partial charge in [0.05, 0.1) is 11.6 Å². The fraction of sp³-hybridized carbons (Fsp3) is 0.300. The lowest BCUT2D eigenvalue weighted by molar-refractivity contribution is -0.137. The summed E-state index contributed by atoms with van der Waals surface area (Å²) in [5.41, 5.74) is 4.54. The van der Waals surface area contributed by atoms with Gasteiger partial charge in [0.25, 0.3) is 0 Å². The van der Waals surface area contributed by atoms with E-state index in [-0.39, 0.29) is 18.1 Å². The standard InChI is InChI=1S/C10H11F3N2O.ClH/c1-6(14)9(16)15-8-4-2-3-7(5-8)10(11,12)13;/h2-6H,14H2,1H3,(H,15,16);1H/t6-;/m0./s1. The number of carbonyl (C=O) groups excluding carboxylic acids is 1. The third-order valence-corrected chi connectivity index (χ3v) is 1.87. The van der Waals surface area contributed by atoms with Gasteiger partial charge < -0.3 is 11.1 Å². The van der Waals surface area contributed by atoms with E-state index in [0.29, 0.717) is 0 Å². The number of rotatable bonds is 2. The third kappa shape index (κ3) is 4.62. The highest BCUT2D eigenvalue weighted by Gasteiger charge is 2.30. The summed E-state index contributed by atoms with van der Waals surface area (Å²) in [7, 11) is 0. The van der Waals surface area contributed by atoms with Gasteiger partial charge in [-0.3, -0.25) is 4.79 Å². The van der Waals surface area contributed by atoms with Crippen LogP contribution in [0.2, 0.25) is 0 Å². The quantitative estimate of drug-likeness (QED) is 0.865. The lowest BCUT2D eigenvalue weighted by atomic mass is 10.2. The molecule has 96 valence electrons. The molecule has 3 N–H and O–H groups in total. The number of hydrogen-bond donors (Lipinski definition) is 2. The summed E-state index contributed by atoms with van der Waals surface area (Å²) in [5.74, 6) is -0.528. The number of halogens is 4. The number of carbonyl (C=O) groups is 1. The van der Waals surface area contributed by atoms with Gasteiger partial charge in [-0.2, -0.15) is 13.2 Å². The number of anilines is 1. The molecule has 0 heterocycles. The molecule has 0 bridgehead atoms. The second-order valence-electron chi connectivity index (χ2n) is 3.36. The highest BCUT2D eigenvalue weighted by atomic mass is 35.5. The fourth-order valence-corrected chi connectivity index (χ4v) is 1.03. The minimum atomic E-state index is -4.42. The topological polar surface area (TPSA) is 55.1 Å². The molecule has 1 aromatic rings. The molecular weight excluding hydrogens is 257 g/mol. The maximum atomic E-state index is 12.3. The maximum Gasteiger partial charge on any atom is 0.416 e. The zero-order chi connectivity index (χ0) is 12.3. The van der Waals surface area contributed by atoms with Crippen LogP contribution in [0.15, 0.2) is 24.3 Å². The monoisotopic (exact) mass is 268 g/mol. The van der Waals surface area contributed by atoms with E-state index in [4.69, 9.17) is 5.73 Å². The van der Waals surface area contributed by atoms with Crippen molar-refractivity contribution in [2.24, 2.45) is 5.73 Å². The van der Waals surface area contributed by atoms with Gasteiger partial charge in [-0.1, -0.05) is 6.07 Å². The van der Waals surface area contributed by atoms with Crippen LogP contribution in [-0.2, 0) is 11.0 Å². The summed E-state index contributed by atoms with van der Waals surface area (Å²) in [6.45, 7) is 1.45. The summed E-state index contributed by atoms with van der Waals surface area (Å²) >= 11 is 0. The summed E-state index contributed by atoms with van der Waals surface area (Å²) in [4.78, 5) is 11.2. The first-order valence-corrected chi connectivity index (χ1v) is 4.54. The minimum absolute atomic E-state index is 0. The summed E-state index contributed by atoms with van der Waals surface area (Å²) in [6.07, 6.45) is -4.42. The fourth-order valence-electron chi connectivity index (χ4n) is 1.03. The minimum Gasteiger partial charge on any atom is -0.325 e. The van der Waals surface area contributed by atoms with Crippen LogP contribution in [0, 0.1) is 0 Å². The first kappa shape index (κ1) is 15.7. The van der Waals surface area contributed by atoms with E-state index in [9.17, 15) is 18.0 Å². The molecule has 0 spiro atoms. The lowest BCUT2D eigenvalue weighted by Gasteiger charge is -2.10. The maximum absolute atomic E-state index is 12.3. The van der Waals surface area contributed by atoms with Crippen LogP contribution in [0.1, 0.15) is 12.5 Å². The van der Waals surface area contributed by atoms with Gasteiger partial charge in [0.1, 0.15) is 0 Å². The Bertz CT molecular complexity index is 393. The van der Waals surface area contributed by atoms with Crippen LogP contribution in [-0.4, -0.2) is 11.9 Å². The molecule has 0 aliphatic heterocycles. The summed E-state index contributed by atoms with van der Waals surface area (Å²) < 4.78 is 37.0. The van der Waals surface area contributed by atoms with Crippen molar-refractivity contribution >= 4 is 24.0 Å². The molecule has 0 radical (unpaired) electrons. The molecule has 3 nitrogen and oxygen atoms in total. The SMILES string of the molecule is C[C@H](N)C(=O)Nc1cccc(C(F)(F)F)c1.Cl. The number of alkyl halides is 3. The first-order valence-electron chi connectivity index (χ1n) is 4.54. The van der Waals surface area contributed by atoms with Crippen LogP contribution in [0.5, 0.6) is 0 Å². The molecule has 0 unspecified atom stereocenters. The highest BCUT2D eigenvalue weighted by molar-refractivity contribution is 5.94. The normalized spacial score (nSPS) is 12.5. The van der Waals surface area contributed by atoms with Gasteiger partial charge in [0.2, 0.25) is 5.91 Å². The largest absolute Gasteiger partial charge is 0.416 e. The molecule has 7 heteroatoms. The van der Waals surface area contributed by atoms with Crippen molar-refractivity contribution in [2.75, 3.05) is 5.32 Å². The number of nitrogens with one attached hydrogen (secondary N) is 1. The molecule has 1 aromatic carbocycles. The molecular formula is C10H12ClF3N2O. The molecule has 0 saturated heterocycles.